The Labute approximate surface area is 149 Å². The number of hydrogen-bond donors (Lipinski definition) is 0. The molecule has 0 saturated heterocycles. The minimum absolute atomic E-state index is 0.0907. The number of esters is 1. The van der Waals surface area contributed by atoms with Crippen LogP contribution in [0, 0.1) is 0 Å². The average Bonchev–Trinajstić information content (AvgIpc) is 2.70. The Morgan fingerprint density at radius 2 is 1.35 bits per heavy atom. The van der Waals surface area contributed by atoms with E-state index in [1.165, 1.54) is 4.68 Å². The molecule has 0 spiro atoms. The molecule has 0 bridgehead atoms. The molecule has 1 aromatic heterocycles. The highest BCUT2D eigenvalue weighted by Crippen LogP contribution is 2.18. The molecular weight excluding hydrogens is 328 g/mol. The van der Waals surface area contributed by atoms with Gasteiger partial charge in [0.1, 0.15) is 5.75 Å². The first-order valence-corrected chi connectivity index (χ1v) is 8.09. The van der Waals surface area contributed by atoms with Crippen LogP contribution in [0.1, 0.15) is 10.5 Å². The number of hydrogen-bond acceptors (Lipinski definition) is 4. The minimum atomic E-state index is -0.614. The second-order valence-electron chi connectivity index (χ2n) is 5.65. The minimum Gasteiger partial charge on any atom is -0.422 e. The van der Waals surface area contributed by atoms with Crippen molar-refractivity contribution in [3.8, 4) is 11.4 Å². The third-order valence-electron chi connectivity index (χ3n) is 3.95. The van der Waals surface area contributed by atoms with Crippen LogP contribution in [-0.4, -0.2) is 15.7 Å². The number of benzene rings is 3. The van der Waals surface area contributed by atoms with Gasteiger partial charge < -0.3 is 4.74 Å². The number of rotatable bonds is 3. The summed E-state index contributed by atoms with van der Waals surface area (Å²) in [5, 5.41) is 5.17. The van der Waals surface area contributed by atoms with Gasteiger partial charge >= 0.3 is 5.97 Å². The van der Waals surface area contributed by atoms with Gasteiger partial charge in [0.15, 0.2) is 5.69 Å². The Balaban J connectivity index is 1.90. The molecule has 0 atom stereocenters. The summed E-state index contributed by atoms with van der Waals surface area (Å²) in [6.45, 7) is 0. The van der Waals surface area contributed by atoms with Crippen LogP contribution in [0.3, 0.4) is 0 Å². The van der Waals surface area contributed by atoms with Gasteiger partial charge in [-0.25, -0.2) is 4.79 Å². The van der Waals surface area contributed by atoms with Gasteiger partial charge in [-0.2, -0.15) is 9.78 Å². The fraction of sp³-hybridized carbons (Fsp3) is 0. The van der Waals surface area contributed by atoms with E-state index < -0.39 is 5.97 Å². The largest absolute Gasteiger partial charge is 0.422 e. The highest BCUT2D eigenvalue weighted by molar-refractivity contribution is 6.03. The lowest BCUT2D eigenvalue weighted by molar-refractivity contribution is 0.0729. The van der Waals surface area contributed by atoms with E-state index in [-0.39, 0.29) is 11.3 Å². The van der Waals surface area contributed by atoms with Crippen molar-refractivity contribution in [2.24, 2.45) is 0 Å². The Morgan fingerprint density at radius 1 is 0.769 bits per heavy atom. The SMILES string of the molecule is O=C(Oc1ccccc1)c1nn(-c2ccccc2)c(=O)c2ccccc12. The van der Waals surface area contributed by atoms with Gasteiger partial charge in [0, 0.05) is 5.39 Å². The summed E-state index contributed by atoms with van der Waals surface area (Å²) in [6, 6.07) is 24.6. The monoisotopic (exact) mass is 342 g/mol. The third kappa shape index (κ3) is 2.86. The number of ether oxygens (including phenoxy) is 1. The lowest BCUT2D eigenvalue weighted by atomic mass is 10.1. The van der Waals surface area contributed by atoms with E-state index in [0.29, 0.717) is 22.2 Å². The molecule has 0 radical (unpaired) electrons. The van der Waals surface area contributed by atoms with Gasteiger partial charge in [-0.3, -0.25) is 4.79 Å². The predicted molar refractivity (Wildman–Crippen MR) is 98.7 cm³/mol. The maximum atomic E-state index is 12.8. The molecule has 0 saturated carbocycles. The molecule has 0 aliphatic rings. The Morgan fingerprint density at radius 3 is 2.04 bits per heavy atom. The summed E-state index contributed by atoms with van der Waals surface area (Å²) < 4.78 is 6.65. The molecule has 0 unspecified atom stereocenters. The maximum absolute atomic E-state index is 12.8. The van der Waals surface area contributed by atoms with Crippen LogP contribution in [0.4, 0.5) is 0 Å². The summed E-state index contributed by atoms with van der Waals surface area (Å²) >= 11 is 0. The first-order chi connectivity index (χ1) is 12.7. The van der Waals surface area contributed by atoms with E-state index in [0.717, 1.165) is 0 Å². The number of para-hydroxylation sites is 2. The molecule has 0 N–H and O–H groups in total. The molecule has 126 valence electrons. The van der Waals surface area contributed by atoms with Crippen molar-refractivity contribution in [1.29, 1.82) is 0 Å². The molecule has 0 fully saturated rings. The number of carbonyl (C=O) groups is 1. The summed E-state index contributed by atoms with van der Waals surface area (Å²) in [7, 11) is 0. The zero-order valence-electron chi connectivity index (χ0n) is 13.7. The van der Waals surface area contributed by atoms with Crippen molar-refractivity contribution in [2.45, 2.75) is 0 Å². The van der Waals surface area contributed by atoms with Crippen LogP contribution >= 0.6 is 0 Å². The van der Waals surface area contributed by atoms with Gasteiger partial charge in [-0.05, 0) is 30.3 Å². The first kappa shape index (κ1) is 15.8. The van der Waals surface area contributed by atoms with Gasteiger partial charge in [-0.1, -0.05) is 54.6 Å². The van der Waals surface area contributed by atoms with Crippen LogP contribution in [0.2, 0.25) is 0 Å². The molecule has 1 heterocycles. The first-order valence-electron chi connectivity index (χ1n) is 8.09. The Hall–Kier alpha value is -3.73. The fourth-order valence-electron chi connectivity index (χ4n) is 2.73. The van der Waals surface area contributed by atoms with Crippen LogP contribution in [0.15, 0.2) is 89.7 Å². The van der Waals surface area contributed by atoms with Crippen molar-refractivity contribution in [3.05, 3.63) is 101 Å². The smallest absolute Gasteiger partial charge is 0.364 e. The highest BCUT2D eigenvalue weighted by Gasteiger charge is 2.19. The van der Waals surface area contributed by atoms with E-state index in [1.807, 2.05) is 12.1 Å². The zero-order chi connectivity index (χ0) is 17.9. The fourth-order valence-corrected chi connectivity index (χ4v) is 2.73. The van der Waals surface area contributed by atoms with Crippen molar-refractivity contribution in [3.63, 3.8) is 0 Å². The number of nitrogens with zero attached hydrogens (tertiary/aromatic N) is 2. The quantitative estimate of drug-likeness (QED) is 0.421. The van der Waals surface area contributed by atoms with Gasteiger partial charge in [0.25, 0.3) is 5.56 Å². The van der Waals surface area contributed by atoms with E-state index in [2.05, 4.69) is 5.10 Å². The standard InChI is InChI=1S/C21H14N2O3/c24-20-18-14-8-7-13-17(18)19(21(25)26-16-11-5-2-6-12-16)22-23(20)15-9-3-1-4-10-15/h1-14H. The highest BCUT2D eigenvalue weighted by atomic mass is 16.5. The normalized spacial score (nSPS) is 10.6. The maximum Gasteiger partial charge on any atom is 0.364 e. The molecule has 26 heavy (non-hydrogen) atoms. The van der Waals surface area contributed by atoms with Crippen molar-refractivity contribution in [2.75, 3.05) is 0 Å². The van der Waals surface area contributed by atoms with Crippen LogP contribution in [0.25, 0.3) is 16.5 Å². The Kier molecular flexibility index (Phi) is 4.03. The van der Waals surface area contributed by atoms with E-state index in [9.17, 15) is 9.59 Å². The molecule has 0 aliphatic heterocycles. The van der Waals surface area contributed by atoms with Crippen LogP contribution < -0.4 is 10.3 Å². The van der Waals surface area contributed by atoms with Crippen molar-refractivity contribution < 1.29 is 9.53 Å². The van der Waals surface area contributed by atoms with Gasteiger partial charge in [-0.15, -0.1) is 0 Å². The molecule has 3 aromatic carbocycles. The summed E-state index contributed by atoms with van der Waals surface area (Å²) in [5.74, 6) is -0.196. The molecule has 0 amide bonds. The number of carbonyl (C=O) groups excluding carboxylic acids is 1. The molecule has 4 aromatic rings. The number of fused-ring (bicyclic) bond motifs is 1. The average molecular weight is 342 g/mol. The molecule has 5 heteroatoms. The summed E-state index contributed by atoms with van der Waals surface area (Å²) in [5.41, 5.74) is 0.382. The van der Waals surface area contributed by atoms with E-state index in [4.69, 9.17) is 4.74 Å². The zero-order valence-corrected chi connectivity index (χ0v) is 13.7. The summed E-state index contributed by atoms with van der Waals surface area (Å²) in [4.78, 5) is 25.5. The van der Waals surface area contributed by atoms with Gasteiger partial charge in [0.2, 0.25) is 0 Å². The topological polar surface area (TPSA) is 61.2 Å². The van der Waals surface area contributed by atoms with Crippen LogP contribution in [0.5, 0.6) is 5.75 Å². The van der Waals surface area contributed by atoms with E-state index >= 15 is 0 Å². The lowest BCUT2D eigenvalue weighted by Crippen LogP contribution is -2.25. The Bertz CT molecular complexity index is 1140. The molecular formula is C21H14N2O3. The second kappa shape index (κ2) is 6.64. The number of aromatic nitrogens is 2. The third-order valence-corrected chi connectivity index (χ3v) is 3.95. The molecule has 5 nitrogen and oxygen atoms in total. The molecule has 0 aliphatic carbocycles. The predicted octanol–water partition coefficient (Wildman–Crippen LogP) is 3.60. The van der Waals surface area contributed by atoms with E-state index in [1.54, 1.807) is 72.8 Å². The van der Waals surface area contributed by atoms with Crippen LogP contribution in [-0.2, 0) is 0 Å². The van der Waals surface area contributed by atoms with Crippen molar-refractivity contribution >= 4 is 16.7 Å². The van der Waals surface area contributed by atoms with Crippen molar-refractivity contribution in [1.82, 2.24) is 9.78 Å². The van der Waals surface area contributed by atoms with Gasteiger partial charge in [0.05, 0.1) is 11.1 Å². The second-order valence-corrected chi connectivity index (χ2v) is 5.65. The summed E-state index contributed by atoms with van der Waals surface area (Å²) in [6.07, 6.45) is 0. The lowest BCUT2D eigenvalue weighted by Gasteiger charge is -2.10. The molecule has 4 rings (SSSR count).